The Bertz CT molecular complexity index is 316. The zero-order valence-corrected chi connectivity index (χ0v) is 9.62. The highest BCUT2D eigenvalue weighted by Crippen LogP contribution is 2.38. The maximum absolute atomic E-state index is 6.00. The Morgan fingerprint density at radius 1 is 0.933 bits per heavy atom. The van der Waals surface area contributed by atoms with Crippen LogP contribution in [0.1, 0.15) is 0 Å². The van der Waals surface area contributed by atoms with E-state index in [1.807, 2.05) is 0 Å². The molecule has 0 aromatic heterocycles. The first-order valence-electron chi connectivity index (χ1n) is 3.92. The van der Waals surface area contributed by atoms with Crippen LogP contribution in [0.3, 0.4) is 0 Å². The van der Waals surface area contributed by atoms with Gasteiger partial charge in [-0.2, -0.15) is 0 Å². The summed E-state index contributed by atoms with van der Waals surface area (Å²) in [7, 11) is 4.72. The van der Waals surface area contributed by atoms with E-state index in [2.05, 4.69) is 12.6 Å². The lowest BCUT2D eigenvalue weighted by Gasteiger charge is -2.12. The molecule has 0 aliphatic carbocycles. The Hall–Kier alpha value is -1.61. The van der Waals surface area contributed by atoms with Gasteiger partial charge in [0.25, 0.3) is 0 Å². The minimum absolute atomic E-state index is 0.586. The second kappa shape index (κ2) is 6.79. The molecule has 0 saturated carbocycles. The average molecular weight is 228 g/mol. The second-order valence-electron chi connectivity index (χ2n) is 2.38. The van der Waals surface area contributed by atoms with Crippen molar-refractivity contribution in [3.05, 3.63) is 12.1 Å². The molecule has 0 aliphatic heterocycles. The average Bonchev–Trinajstić information content (AvgIpc) is 2.30. The standard InChI is InChI=1S/C9H12O3S.N2/c1-10-7-4-6(13)5-8(11-2)9(7)12-3;1-2/h4-5,13H,1-3H3;. The van der Waals surface area contributed by atoms with E-state index < -0.39 is 0 Å². The summed E-state index contributed by atoms with van der Waals surface area (Å²) in [6.07, 6.45) is 0. The minimum Gasteiger partial charge on any atom is -0.493 e. The largest absolute Gasteiger partial charge is 0.493 e. The third-order valence-electron chi connectivity index (χ3n) is 1.65. The van der Waals surface area contributed by atoms with Gasteiger partial charge in [-0.05, 0) is 12.1 Å². The molecule has 0 unspecified atom stereocenters. The molecule has 1 aromatic carbocycles. The fourth-order valence-corrected chi connectivity index (χ4v) is 1.30. The highest BCUT2D eigenvalue weighted by atomic mass is 32.1. The zero-order valence-electron chi connectivity index (χ0n) is 8.72. The molecule has 0 radical (unpaired) electrons. The smallest absolute Gasteiger partial charge is 0.203 e. The topological polar surface area (TPSA) is 75.3 Å². The monoisotopic (exact) mass is 228 g/mol. The number of benzene rings is 1. The number of methoxy groups -OCH3 is 3. The fraction of sp³-hybridized carbons (Fsp3) is 0.333. The SMILES string of the molecule is COc1cc(S)cc(OC)c1OC.N#N. The van der Waals surface area contributed by atoms with E-state index in [1.165, 1.54) is 0 Å². The fourth-order valence-electron chi connectivity index (χ4n) is 1.07. The summed E-state index contributed by atoms with van der Waals surface area (Å²) in [6, 6.07) is 3.54. The molecule has 0 heterocycles. The summed E-state index contributed by atoms with van der Waals surface area (Å²) in [4.78, 5) is 0.773. The lowest BCUT2D eigenvalue weighted by Crippen LogP contribution is -1.94. The molecule has 0 aliphatic rings. The van der Waals surface area contributed by atoms with Crippen LogP contribution in [0.2, 0.25) is 0 Å². The van der Waals surface area contributed by atoms with Crippen molar-refractivity contribution in [2.45, 2.75) is 4.90 Å². The van der Waals surface area contributed by atoms with E-state index in [4.69, 9.17) is 25.0 Å². The van der Waals surface area contributed by atoms with Crippen LogP contribution >= 0.6 is 12.6 Å². The van der Waals surface area contributed by atoms with Gasteiger partial charge in [0.1, 0.15) is 0 Å². The summed E-state index contributed by atoms with van der Waals surface area (Å²) in [5.41, 5.74) is 0. The molecule has 82 valence electrons. The van der Waals surface area contributed by atoms with Gasteiger partial charge < -0.3 is 14.2 Å². The van der Waals surface area contributed by atoms with Gasteiger partial charge in [-0.1, -0.05) is 0 Å². The van der Waals surface area contributed by atoms with Crippen molar-refractivity contribution < 1.29 is 14.2 Å². The van der Waals surface area contributed by atoms with Gasteiger partial charge in [-0.25, -0.2) is 0 Å². The van der Waals surface area contributed by atoms with E-state index >= 15 is 0 Å². The summed E-state index contributed by atoms with van der Waals surface area (Å²) in [5.74, 6) is 1.82. The zero-order chi connectivity index (χ0) is 11.8. The van der Waals surface area contributed by atoms with E-state index in [1.54, 1.807) is 33.5 Å². The van der Waals surface area contributed by atoms with Crippen LogP contribution in [0.25, 0.3) is 0 Å². The van der Waals surface area contributed by atoms with Crippen LogP contribution in [-0.2, 0) is 0 Å². The number of nitrogens with zero attached hydrogens (tertiary/aromatic N) is 2. The van der Waals surface area contributed by atoms with Crippen molar-refractivity contribution in [3.63, 3.8) is 0 Å². The maximum Gasteiger partial charge on any atom is 0.203 e. The molecule has 5 nitrogen and oxygen atoms in total. The first-order valence-corrected chi connectivity index (χ1v) is 4.36. The van der Waals surface area contributed by atoms with E-state index in [0.29, 0.717) is 17.2 Å². The number of hydrogen-bond donors (Lipinski definition) is 1. The number of hydrogen-bond acceptors (Lipinski definition) is 6. The van der Waals surface area contributed by atoms with Crippen molar-refractivity contribution in [2.75, 3.05) is 21.3 Å². The molecule has 1 aromatic rings. The first-order chi connectivity index (χ1) is 7.22. The molecule has 0 fully saturated rings. The molecule has 0 atom stereocenters. The third-order valence-corrected chi connectivity index (χ3v) is 1.91. The Morgan fingerprint density at radius 2 is 1.33 bits per heavy atom. The van der Waals surface area contributed by atoms with Crippen molar-refractivity contribution >= 4 is 12.6 Å². The Morgan fingerprint density at radius 3 is 1.60 bits per heavy atom. The Balaban J connectivity index is 0.000000921. The van der Waals surface area contributed by atoms with Crippen molar-refractivity contribution in [3.8, 4) is 17.2 Å². The number of thiol groups is 1. The second-order valence-corrected chi connectivity index (χ2v) is 2.90. The third kappa shape index (κ3) is 3.22. The van der Waals surface area contributed by atoms with E-state index in [0.717, 1.165) is 4.90 Å². The maximum atomic E-state index is 6.00. The van der Waals surface area contributed by atoms with Gasteiger partial charge in [0, 0.05) is 15.7 Å². The molecule has 6 heteroatoms. The van der Waals surface area contributed by atoms with Gasteiger partial charge in [0.05, 0.1) is 21.3 Å². The summed E-state index contributed by atoms with van der Waals surface area (Å²) >= 11 is 4.20. The molecule has 1 rings (SSSR count). The van der Waals surface area contributed by atoms with E-state index in [-0.39, 0.29) is 0 Å². The number of ether oxygens (including phenoxy) is 3. The summed E-state index contributed by atoms with van der Waals surface area (Å²) in [6.45, 7) is 0. The van der Waals surface area contributed by atoms with Gasteiger partial charge >= 0.3 is 0 Å². The van der Waals surface area contributed by atoms with Crippen molar-refractivity contribution in [1.29, 1.82) is 10.8 Å². The highest BCUT2D eigenvalue weighted by Gasteiger charge is 2.11. The van der Waals surface area contributed by atoms with Crippen LogP contribution in [0.5, 0.6) is 17.2 Å². The van der Waals surface area contributed by atoms with Crippen LogP contribution in [0.15, 0.2) is 17.0 Å². The van der Waals surface area contributed by atoms with Crippen molar-refractivity contribution in [2.24, 2.45) is 0 Å². The molecule has 0 bridgehead atoms. The van der Waals surface area contributed by atoms with Gasteiger partial charge in [-0.15, -0.1) is 12.6 Å². The molecule has 0 N–H and O–H groups in total. The molecule has 0 spiro atoms. The lowest BCUT2D eigenvalue weighted by molar-refractivity contribution is 0.323. The van der Waals surface area contributed by atoms with E-state index in [9.17, 15) is 0 Å². The normalized spacial score (nSPS) is 8.40. The molecule has 0 saturated heterocycles. The molecular formula is C9H12N2O3S. The number of rotatable bonds is 3. The van der Waals surface area contributed by atoms with Crippen molar-refractivity contribution in [1.82, 2.24) is 0 Å². The molecule has 15 heavy (non-hydrogen) atoms. The quantitative estimate of drug-likeness (QED) is 0.632. The summed E-state index contributed by atoms with van der Waals surface area (Å²) in [5, 5.41) is 12.0. The predicted octanol–water partition coefficient (Wildman–Crippen LogP) is 2.03. The Labute approximate surface area is 93.8 Å². The van der Waals surface area contributed by atoms with Crippen LogP contribution < -0.4 is 14.2 Å². The minimum atomic E-state index is 0.586. The first kappa shape index (κ1) is 13.4. The molecular weight excluding hydrogens is 216 g/mol. The lowest BCUT2D eigenvalue weighted by atomic mass is 10.3. The van der Waals surface area contributed by atoms with Crippen LogP contribution in [0, 0.1) is 10.8 Å². The highest BCUT2D eigenvalue weighted by molar-refractivity contribution is 7.80. The Kier molecular flexibility index (Phi) is 6.06. The van der Waals surface area contributed by atoms with Gasteiger partial charge in [0.15, 0.2) is 11.5 Å². The van der Waals surface area contributed by atoms with Gasteiger partial charge in [0.2, 0.25) is 5.75 Å². The van der Waals surface area contributed by atoms with Gasteiger partial charge in [-0.3, -0.25) is 0 Å². The summed E-state index contributed by atoms with van der Waals surface area (Å²) < 4.78 is 15.3. The predicted molar refractivity (Wildman–Crippen MR) is 56.8 cm³/mol. The van der Waals surface area contributed by atoms with Crippen LogP contribution in [0.4, 0.5) is 0 Å². The van der Waals surface area contributed by atoms with Crippen LogP contribution in [-0.4, -0.2) is 21.3 Å². The molecule has 0 amide bonds.